The number of hydrogen-bond donors (Lipinski definition) is 1. The SMILES string of the molecule is CC.CC.CC.Cc1[nH]nc2cc(F)c(-c3cncc(CN(C)C)c3)cc12. The highest BCUT2D eigenvalue weighted by Gasteiger charge is 2.11. The maximum Gasteiger partial charge on any atom is 0.133 e. The van der Waals surface area contributed by atoms with Gasteiger partial charge in [0.2, 0.25) is 0 Å². The minimum Gasteiger partial charge on any atom is -0.305 e. The summed E-state index contributed by atoms with van der Waals surface area (Å²) in [6.07, 6.45) is 3.50. The molecule has 0 saturated heterocycles. The van der Waals surface area contributed by atoms with E-state index >= 15 is 0 Å². The zero-order valence-corrected chi connectivity index (χ0v) is 18.3. The molecule has 0 aliphatic carbocycles. The summed E-state index contributed by atoms with van der Waals surface area (Å²) in [5.41, 5.74) is 3.98. The van der Waals surface area contributed by atoms with E-state index in [1.54, 1.807) is 6.20 Å². The van der Waals surface area contributed by atoms with Gasteiger partial charge in [-0.05, 0) is 38.7 Å². The van der Waals surface area contributed by atoms with Crippen LogP contribution in [-0.2, 0) is 6.54 Å². The van der Waals surface area contributed by atoms with Crippen LogP contribution in [0.4, 0.5) is 4.39 Å². The van der Waals surface area contributed by atoms with Gasteiger partial charge in [-0.1, -0.05) is 41.5 Å². The lowest BCUT2D eigenvalue weighted by molar-refractivity contribution is 0.402. The Morgan fingerprint density at radius 3 is 2.19 bits per heavy atom. The van der Waals surface area contributed by atoms with Crippen molar-refractivity contribution in [1.29, 1.82) is 0 Å². The van der Waals surface area contributed by atoms with Gasteiger partial charge in [0.25, 0.3) is 0 Å². The molecule has 3 rings (SSSR count). The molecule has 0 bridgehead atoms. The summed E-state index contributed by atoms with van der Waals surface area (Å²) in [7, 11) is 3.99. The third-order valence-corrected chi connectivity index (χ3v) is 3.44. The Morgan fingerprint density at radius 1 is 0.963 bits per heavy atom. The average molecular weight is 375 g/mol. The first-order valence-corrected chi connectivity index (χ1v) is 9.78. The maximum absolute atomic E-state index is 14.3. The van der Waals surface area contributed by atoms with Crippen LogP contribution in [0.25, 0.3) is 22.0 Å². The van der Waals surface area contributed by atoms with Crippen molar-refractivity contribution in [2.24, 2.45) is 0 Å². The van der Waals surface area contributed by atoms with E-state index in [-0.39, 0.29) is 5.82 Å². The Balaban J connectivity index is 0.00000103. The zero-order chi connectivity index (χ0) is 21.0. The van der Waals surface area contributed by atoms with Crippen LogP contribution in [0.1, 0.15) is 52.8 Å². The van der Waals surface area contributed by atoms with Crippen molar-refractivity contribution in [2.45, 2.75) is 55.0 Å². The van der Waals surface area contributed by atoms with Gasteiger partial charge in [0, 0.05) is 47.2 Å². The number of benzene rings is 1. The van der Waals surface area contributed by atoms with E-state index in [4.69, 9.17) is 0 Å². The zero-order valence-electron chi connectivity index (χ0n) is 18.3. The molecule has 1 N–H and O–H groups in total. The van der Waals surface area contributed by atoms with E-state index in [1.165, 1.54) is 6.07 Å². The standard InChI is InChI=1S/C16H17FN4.3C2H6/c1-10-13-5-14(15(17)6-16(13)20-19-10)12-4-11(7-18-8-12)9-21(2)3;3*1-2/h4-8H,9H2,1-3H3,(H,19,20);3*1-2H3. The largest absolute Gasteiger partial charge is 0.305 e. The molecular formula is C22H35FN4. The van der Waals surface area contributed by atoms with Gasteiger partial charge in [-0.15, -0.1) is 0 Å². The molecule has 4 nitrogen and oxygen atoms in total. The number of halogens is 1. The lowest BCUT2D eigenvalue weighted by Gasteiger charge is -2.11. The van der Waals surface area contributed by atoms with E-state index in [9.17, 15) is 4.39 Å². The highest BCUT2D eigenvalue weighted by Crippen LogP contribution is 2.28. The fourth-order valence-corrected chi connectivity index (χ4v) is 2.47. The van der Waals surface area contributed by atoms with Crippen LogP contribution < -0.4 is 0 Å². The van der Waals surface area contributed by atoms with Crippen LogP contribution in [0.3, 0.4) is 0 Å². The fourth-order valence-electron chi connectivity index (χ4n) is 2.47. The predicted molar refractivity (Wildman–Crippen MR) is 115 cm³/mol. The number of nitrogens with zero attached hydrogens (tertiary/aromatic N) is 3. The lowest BCUT2D eigenvalue weighted by Crippen LogP contribution is -2.10. The molecule has 0 spiro atoms. The molecule has 1 aromatic carbocycles. The van der Waals surface area contributed by atoms with Gasteiger partial charge in [0.15, 0.2) is 0 Å². The molecule has 0 aliphatic rings. The van der Waals surface area contributed by atoms with E-state index in [1.807, 2.05) is 80.9 Å². The molecule has 3 aromatic rings. The lowest BCUT2D eigenvalue weighted by atomic mass is 10.0. The van der Waals surface area contributed by atoms with Gasteiger partial charge in [-0.3, -0.25) is 10.1 Å². The average Bonchev–Trinajstić information content (AvgIpc) is 3.05. The number of pyridine rings is 1. The number of rotatable bonds is 3. The first kappa shape index (κ1) is 24.7. The van der Waals surface area contributed by atoms with E-state index < -0.39 is 0 Å². The summed E-state index contributed by atoms with van der Waals surface area (Å²) >= 11 is 0. The number of aryl methyl sites for hydroxylation is 1. The number of hydrogen-bond acceptors (Lipinski definition) is 3. The second kappa shape index (κ2) is 13.0. The van der Waals surface area contributed by atoms with Gasteiger partial charge < -0.3 is 4.90 Å². The number of H-pyrrole nitrogens is 1. The van der Waals surface area contributed by atoms with Gasteiger partial charge in [0.1, 0.15) is 5.82 Å². The summed E-state index contributed by atoms with van der Waals surface area (Å²) in [6, 6.07) is 5.28. The quantitative estimate of drug-likeness (QED) is 0.592. The Kier molecular flexibility index (Phi) is 11.9. The third-order valence-electron chi connectivity index (χ3n) is 3.44. The molecule has 150 valence electrons. The van der Waals surface area contributed by atoms with E-state index in [0.29, 0.717) is 11.1 Å². The second-order valence-electron chi connectivity index (χ2n) is 5.52. The van der Waals surface area contributed by atoms with Crippen LogP contribution >= 0.6 is 0 Å². The monoisotopic (exact) mass is 374 g/mol. The van der Waals surface area contributed by atoms with E-state index in [2.05, 4.69) is 20.1 Å². The first-order chi connectivity index (χ1) is 13.0. The van der Waals surface area contributed by atoms with Crippen molar-refractivity contribution in [2.75, 3.05) is 14.1 Å². The summed E-state index contributed by atoms with van der Waals surface area (Å²) in [5.74, 6) is -0.280. The van der Waals surface area contributed by atoms with Crippen LogP contribution in [0.5, 0.6) is 0 Å². The molecule has 0 radical (unpaired) electrons. The summed E-state index contributed by atoms with van der Waals surface area (Å²) in [4.78, 5) is 6.28. The molecule has 27 heavy (non-hydrogen) atoms. The van der Waals surface area contributed by atoms with E-state index in [0.717, 1.165) is 28.8 Å². The number of nitrogens with one attached hydrogen (secondary N) is 1. The molecule has 0 aliphatic heterocycles. The molecule has 0 unspecified atom stereocenters. The van der Waals surface area contributed by atoms with Crippen LogP contribution in [0.15, 0.2) is 30.6 Å². The van der Waals surface area contributed by atoms with Crippen molar-refractivity contribution in [3.05, 3.63) is 47.7 Å². The Labute approximate surface area is 163 Å². The van der Waals surface area contributed by atoms with Gasteiger partial charge >= 0.3 is 0 Å². The highest BCUT2D eigenvalue weighted by atomic mass is 19.1. The minimum absolute atomic E-state index is 0.280. The number of aromatic nitrogens is 3. The second-order valence-corrected chi connectivity index (χ2v) is 5.52. The van der Waals surface area contributed by atoms with Gasteiger partial charge in [-0.2, -0.15) is 5.10 Å². The third kappa shape index (κ3) is 6.75. The molecule has 2 heterocycles. The molecule has 0 atom stereocenters. The van der Waals surface area contributed by atoms with Crippen LogP contribution in [0.2, 0.25) is 0 Å². The van der Waals surface area contributed by atoms with Gasteiger partial charge in [-0.25, -0.2) is 4.39 Å². The highest BCUT2D eigenvalue weighted by molar-refractivity contribution is 5.86. The molecule has 2 aromatic heterocycles. The first-order valence-electron chi connectivity index (χ1n) is 9.78. The Hall–Kier alpha value is -2.27. The smallest absolute Gasteiger partial charge is 0.133 e. The number of aromatic amines is 1. The Morgan fingerprint density at radius 2 is 1.59 bits per heavy atom. The topological polar surface area (TPSA) is 44.8 Å². The summed E-state index contributed by atoms with van der Waals surface area (Å²) in [6.45, 7) is 14.7. The van der Waals surface area contributed by atoms with Crippen molar-refractivity contribution in [3.63, 3.8) is 0 Å². The summed E-state index contributed by atoms with van der Waals surface area (Å²) in [5, 5.41) is 7.90. The molecule has 5 heteroatoms. The van der Waals surface area contributed by atoms with Gasteiger partial charge in [0.05, 0.1) is 5.52 Å². The van der Waals surface area contributed by atoms with Crippen molar-refractivity contribution in [3.8, 4) is 11.1 Å². The van der Waals surface area contributed by atoms with Crippen molar-refractivity contribution in [1.82, 2.24) is 20.1 Å². The van der Waals surface area contributed by atoms with Crippen LogP contribution in [-0.4, -0.2) is 34.2 Å². The Bertz CT molecular complexity index is 794. The number of fused-ring (bicyclic) bond motifs is 1. The molecular weight excluding hydrogens is 339 g/mol. The normalized spacial score (nSPS) is 9.59. The van der Waals surface area contributed by atoms with Crippen molar-refractivity contribution < 1.29 is 4.39 Å². The molecule has 0 saturated carbocycles. The van der Waals surface area contributed by atoms with Crippen molar-refractivity contribution >= 4 is 10.9 Å². The molecule has 0 fully saturated rings. The summed E-state index contributed by atoms with van der Waals surface area (Å²) < 4.78 is 14.3. The molecule has 0 amide bonds. The fraction of sp³-hybridized carbons (Fsp3) is 0.455. The predicted octanol–water partition coefficient (Wildman–Crippen LogP) is 6.21. The minimum atomic E-state index is -0.280. The van der Waals surface area contributed by atoms with Crippen LogP contribution in [0, 0.1) is 12.7 Å². The maximum atomic E-state index is 14.3.